The van der Waals surface area contributed by atoms with Crippen LogP contribution in [0.2, 0.25) is 0 Å². The topological polar surface area (TPSA) is 53.5 Å². The summed E-state index contributed by atoms with van der Waals surface area (Å²) in [6.45, 7) is 5.98. The zero-order chi connectivity index (χ0) is 12.8. The number of ether oxygens (including phenoxy) is 1. The number of nitrogens with one attached hydrogen (secondary N) is 2. The van der Waals surface area contributed by atoms with E-state index in [1.165, 1.54) is 5.56 Å². The quantitative estimate of drug-likeness (QED) is 0.697. The third-order valence-corrected chi connectivity index (χ3v) is 3.27. The highest BCUT2D eigenvalue weighted by molar-refractivity contribution is 5.27. The van der Waals surface area contributed by atoms with Gasteiger partial charge in [0.25, 0.3) is 0 Å². The first-order valence-corrected chi connectivity index (χ1v) is 6.61. The average Bonchev–Trinajstić information content (AvgIpc) is 2.78. The maximum atomic E-state index is 9.66. The Kier molecular flexibility index (Phi) is 4.99. The number of aliphatic hydroxyl groups is 1. The molecule has 4 heteroatoms. The van der Waals surface area contributed by atoms with Crippen LogP contribution in [0.4, 0.5) is 0 Å². The standard InChI is InChI=1S/C14H22N2O2/c1-2-18-13-5-3-11(4-6-13)7-15-8-12-9-16-10-14(12)17/h3-6,12,14-17H,2,7-10H2,1H3. The average molecular weight is 250 g/mol. The molecule has 0 aliphatic carbocycles. The second-order valence-electron chi connectivity index (χ2n) is 4.69. The second-order valence-corrected chi connectivity index (χ2v) is 4.69. The molecule has 2 atom stereocenters. The molecule has 1 aromatic rings. The van der Waals surface area contributed by atoms with Crippen molar-refractivity contribution in [1.29, 1.82) is 0 Å². The third-order valence-electron chi connectivity index (χ3n) is 3.27. The fourth-order valence-corrected chi connectivity index (χ4v) is 2.20. The summed E-state index contributed by atoms with van der Waals surface area (Å²) in [7, 11) is 0. The number of hydrogen-bond donors (Lipinski definition) is 3. The van der Waals surface area contributed by atoms with Crippen molar-refractivity contribution in [2.75, 3.05) is 26.2 Å². The van der Waals surface area contributed by atoms with Gasteiger partial charge in [0.2, 0.25) is 0 Å². The van der Waals surface area contributed by atoms with E-state index < -0.39 is 0 Å². The first-order valence-electron chi connectivity index (χ1n) is 6.61. The van der Waals surface area contributed by atoms with E-state index in [1.807, 2.05) is 19.1 Å². The summed E-state index contributed by atoms with van der Waals surface area (Å²) in [4.78, 5) is 0. The Bertz CT molecular complexity index is 353. The Balaban J connectivity index is 1.72. The van der Waals surface area contributed by atoms with Crippen molar-refractivity contribution >= 4 is 0 Å². The fourth-order valence-electron chi connectivity index (χ4n) is 2.20. The highest BCUT2D eigenvalue weighted by Gasteiger charge is 2.23. The number of aliphatic hydroxyl groups excluding tert-OH is 1. The molecule has 18 heavy (non-hydrogen) atoms. The van der Waals surface area contributed by atoms with Crippen molar-refractivity contribution in [3.63, 3.8) is 0 Å². The molecule has 1 aromatic carbocycles. The van der Waals surface area contributed by atoms with E-state index in [0.717, 1.165) is 31.9 Å². The summed E-state index contributed by atoms with van der Waals surface area (Å²) < 4.78 is 5.40. The molecular formula is C14H22N2O2. The Labute approximate surface area is 108 Å². The van der Waals surface area contributed by atoms with Crippen LogP contribution in [0.1, 0.15) is 12.5 Å². The lowest BCUT2D eigenvalue weighted by Gasteiger charge is -2.14. The third kappa shape index (κ3) is 3.70. The smallest absolute Gasteiger partial charge is 0.119 e. The van der Waals surface area contributed by atoms with Crippen LogP contribution < -0.4 is 15.4 Å². The molecule has 4 nitrogen and oxygen atoms in total. The van der Waals surface area contributed by atoms with Crippen LogP contribution in [-0.2, 0) is 6.54 Å². The zero-order valence-electron chi connectivity index (χ0n) is 10.9. The first-order chi connectivity index (χ1) is 8.79. The van der Waals surface area contributed by atoms with Gasteiger partial charge in [0.1, 0.15) is 5.75 Å². The van der Waals surface area contributed by atoms with Gasteiger partial charge in [-0.2, -0.15) is 0 Å². The van der Waals surface area contributed by atoms with Gasteiger partial charge in [-0.05, 0) is 24.6 Å². The van der Waals surface area contributed by atoms with Gasteiger partial charge in [-0.1, -0.05) is 12.1 Å². The Hall–Kier alpha value is -1.10. The van der Waals surface area contributed by atoms with Crippen molar-refractivity contribution in [3.05, 3.63) is 29.8 Å². The van der Waals surface area contributed by atoms with Gasteiger partial charge in [0.05, 0.1) is 12.7 Å². The van der Waals surface area contributed by atoms with Crippen molar-refractivity contribution in [2.24, 2.45) is 5.92 Å². The first kappa shape index (κ1) is 13.3. The molecule has 1 heterocycles. The van der Waals surface area contributed by atoms with E-state index in [2.05, 4.69) is 22.8 Å². The summed E-state index contributed by atoms with van der Waals surface area (Å²) >= 11 is 0. The summed E-state index contributed by atoms with van der Waals surface area (Å²) in [6, 6.07) is 8.13. The fraction of sp³-hybridized carbons (Fsp3) is 0.571. The molecule has 2 rings (SSSR count). The van der Waals surface area contributed by atoms with Crippen molar-refractivity contribution in [2.45, 2.75) is 19.6 Å². The maximum absolute atomic E-state index is 9.66. The van der Waals surface area contributed by atoms with Gasteiger partial charge in [-0.3, -0.25) is 0 Å². The SMILES string of the molecule is CCOc1ccc(CNCC2CNCC2O)cc1. The molecule has 0 spiro atoms. The molecule has 1 aliphatic heterocycles. The molecule has 0 amide bonds. The number of rotatable bonds is 6. The lowest BCUT2D eigenvalue weighted by atomic mass is 10.1. The highest BCUT2D eigenvalue weighted by Crippen LogP contribution is 2.12. The van der Waals surface area contributed by atoms with Gasteiger partial charge in [-0.25, -0.2) is 0 Å². The highest BCUT2D eigenvalue weighted by atomic mass is 16.5. The maximum Gasteiger partial charge on any atom is 0.119 e. The largest absolute Gasteiger partial charge is 0.494 e. The van der Waals surface area contributed by atoms with E-state index in [4.69, 9.17) is 4.74 Å². The van der Waals surface area contributed by atoms with Crippen LogP contribution in [0.25, 0.3) is 0 Å². The Morgan fingerprint density at radius 3 is 2.72 bits per heavy atom. The van der Waals surface area contributed by atoms with Crippen LogP contribution in [-0.4, -0.2) is 37.5 Å². The summed E-state index contributed by atoms with van der Waals surface area (Å²) in [5.41, 5.74) is 1.24. The van der Waals surface area contributed by atoms with E-state index in [1.54, 1.807) is 0 Å². The van der Waals surface area contributed by atoms with Crippen molar-refractivity contribution in [3.8, 4) is 5.75 Å². The van der Waals surface area contributed by atoms with Gasteiger partial charge < -0.3 is 20.5 Å². The van der Waals surface area contributed by atoms with Gasteiger partial charge in [0, 0.05) is 32.1 Å². The number of β-amino-alcohol motifs (C(OH)–C–C–N with tert-alkyl or cyclic N) is 1. The lowest BCUT2D eigenvalue weighted by molar-refractivity contribution is 0.146. The van der Waals surface area contributed by atoms with Gasteiger partial charge in [-0.15, -0.1) is 0 Å². The predicted molar refractivity (Wildman–Crippen MR) is 71.7 cm³/mol. The minimum atomic E-state index is -0.210. The molecule has 0 radical (unpaired) electrons. The van der Waals surface area contributed by atoms with Gasteiger partial charge in [0.15, 0.2) is 0 Å². The van der Waals surface area contributed by atoms with Crippen molar-refractivity contribution in [1.82, 2.24) is 10.6 Å². The van der Waals surface area contributed by atoms with E-state index in [-0.39, 0.29) is 6.10 Å². The molecule has 3 N–H and O–H groups in total. The monoisotopic (exact) mass is 250 g/mol. The van der Waals surface area contributed by atoms with Crippen LogP contribution in [0.5, 0.6) is 5.75 Å². The second kappa shape index (κ2) is 6.73. The molecule has 2 unspecified atom stereocenters. The van der Waals surface area contributed by atoms with Crippen LogP contribution in [0.15, 0.2) is 24.3 Å². The zero-order valence-corrected chi connectivity index (χ0v) is 10.9. The van der Waals surface area contributed by atoms with E-state index in [0.29, 0.717) is 12.5 Å². The minimum Gasteiger partial charge on any atom is -0.494 e. The van der Waals surface area contributed by atoms with E-state index in [9.17, 15) is 5.11 Å². The molecule has 0 bridgehead atoms. The normalized spacial score (nSPS) is 23.2. The molecule has 1 fully saturated rings. The molecule has 0 aromatic heterocycles. The van der Waals surface area contributed by atoms with Crippen LogP contribution in [0, 0.1) is 5.92 Å². The molecule has 100 valence electrons. The Morgan fingerprint density at radius 2 is 2.11 bits per heavy atom. The summed E-state index contributed by atoms with van der Waals surface area (Å²) in [5.74, 6) is 1.24. The lowest BCUT2D eigenvalue weighted by Crippen LogP contribution is -2.30. The number of benzene rings is 1. The Morgan fingerprint density at radius 1 is 1.33 bits per heavy atom. The van der Waals surface area contributed by atoms with Gasteiger partial charge >= 0.3 is 0 Å². The molecule has 1 saturated heterocycles. The van der Waals surface area contributed by atoms with Crippen LogP contribution in [0.3, 0.4) is 0 Å². The van der Waals surface area contributed by atoms with Crippen LogP contribution >= 0.6 is 0 Å². The summed E-state index contributed by atoms with van der Waals surface area (Å²) in [5, 5.41) is 16.2. The predicted octanol–water partition coefficient (Wildman–Crippen LogP) is 0.755. The molecular weight excluding hydrogens is 228 g/mol. The van der Waals surface area contributed by atoms with E-state index >= 15 is 0 Å². The number of hydrogen-bond acceptors (Lipinski definition) is 4. The minimum absolute atomic E-state index is 0.210. The summed E-state index contributed by atoms with van der Waals surface area (Å²) in [6.07, 6.45) is -0.210. The van der Waals surface area contributed by atoms with Crippen molar-refractivity contribution < 1.29 is 9.84 Å². The molecule has 1 aliphatic rings. The molecule has 0 saturated carbocycles.